The van der Waals surface area contributed by atoms with Crippen LogP contribution in [0.4, 0.5) is 11.5 Å². The second-order valence-electron chi connectivity index (χ2n) is 5.10. The Bertz CT molecular complexity index is 749. The summed E-state index contributed by atoms with van der Waals surface area (Å²) in [6.07, 6.45) is 1.55. The smallest absolute Gasteiger partial charge is 0.252 e. The molecule has 0 atom stereocenters. The van der Waals surface area contributed by atoms with Crippen molar-refractivity contribution >= 4 is 39.2 Å². The van der Waals surface area contributed by atoms with Crippen LogP contribution in [-0.4, -0.2) is 30.4 Å². The average Bonchev–Trinajstić information content (AvgIpc) is 2.50. The molecule has 120 valence electrons. The van der Waals surface area contributed by atoms with Gasteiger partial charge < -0.3 is 16.0 Å². The summed E-state index contributed by atoms with van der Waals surface area (Å²) in [5.74, 6) is -0.411. The molecule has 3 N–H and O–H groups in total. The zero-order valence-electron chi connectivity index (χ0n) is 12.8. The number of aromatic nitrogens is 1. The number of benzene rings is 1. The van der Waals surface area contributed by atoms with E-state index in [0.717, 1.165) is 15.7 Å². The first kappa shape index (κ1) is 17.0. The van der Waals surface area contributed by atoms with Crippen molar-refractivity contribution in [3.63, 3.8) is 0 Å². The lowest BCUT2D eigenvalue weighted by Crippen LogP contribution is -2.32. The Kier molecular flexibility index (Phi) is 5.33. The molecule has 7 heteroatoms. The van der Waals surface area contributed by atoms with E-state index in [0.29, 0.717) is 5.82 Å². The quantitative estimate of drug-likeness (QED) is 0.837. The van der Waals surface area contributed by atoms with Crippen LogP contribution in [0.3, 0.4) is 0 Å². The van der Waals surface area contributed by atoms with Gasteiger partial charge in [0.15, 0.2) is 0 Å². The molecule has 0 unspecified atom stereocenters. The predicted octanol–water partition coefficient (Wildman–Crippen LogP) is 2.33. The van der Waals surface area contributed by atoms with Crippen molar-refractivity contribution in [3.05, 3.63) is 52.1 Å². The van der Waals surface area contributed by atoms with Crippen LogP contribution in [0.15, 0.2) is 41.0 Å². The van der Waals surface area contributed by atoms with Gasteiger partial charge in [0.05, 0.1) is 12.1 Å². The molecule has 0 saturated heterocycles. The summed E-state index contributed by atoms with van der Waals surface area (Å²) in [7, 11) is 1.68. The van der Waals surface area contributed by atoms with E-state index in [1.807, 2.05) is 25.1 Å². The van der Waals surface area contributed by atoms with Crippen LogP contribution in [0.5, 0.6) is 0 Å². The van der Waals surface area contributed by atoms with E-state index >= 15 is 0 Å². The molecule has 1 aromatic heterocycles. The van der Waals surface area contributed by atoms with Crippen LogP contribution in [0.25, 0.3) is 0 Å². The van der Waals surface area contributed by atoms with Crippen molar-refractivity contribution in [2.45, 2.75) is 6.92 Å². The van der Waals surface area contributed by atoms with Crippen LogP contribution < -0.4 is 16.0 Å². The summed E-state index contributed by atoms with van der Waals surface area (Å²) in [5.41, 5.74) is 7.30. The van der Waals surface area contributed by atoms with E-state index in [2.05, 4.69) is 26.2 Å². The van der Waals surface area contributed by atoms with Crippen molar-refractivity contribution in [2.75, 3.05) is 23.8 Å². The number of nitrogens with zero attached hydrogens (tertiary/aromatic N) is 2. The summed E-state index contributed by atoms with van der Waals surface area (Å²) >= 11 is 3.38. The van der Waals surface area contributed by atoms with E-state index in [-0.39, 0.29) is 18.0 Å². The molecule has 0 radical (unpaired) electrons. The lowest BCUT2D eigenvalue weighted by Gasteiger charge is -2.20. The third-order valence-corrected chi connectivity index (χ3v) is 3.75. The Hall–Kier alpha value is -2.41. The minimum absolute atomic E-state index is 0.0484. The largest absolute Gasteiger partial charge is 0.365 e. The number of hydrogen-bond acceptors (Lipinski definition) is 4. The molecule has 0 spiro atoms. The second-order valence-corrected chi connectivity index (χ2v) is 6.02. The summed E-state index contributed by atoms with van der Waals surface area (Å²) in [5, 5.41) is 2.84. The molecule has 0 aliphatic rings. The fraction of sp³-hybridized carbons (Fsp3) is 0.188. The zero-order valence-corrected chi connectivity index (χ0v) is 14.4. The molecule has 6 nitrogen and oxygen atoms in total. The van der Waals surface area contributed by atoms with Gasteiger partial charge >= 0.3 is 0 Å². The first-order chi connectivity index (χ1) is 10.9. The van der Waals surface area contributed by atoms with E-state index < -0.39 is 5.91 Å². The SMILES string of the molecule is Cc1cc(Br)ccc1NC(=O)CN(C)c1ncccc1C(N)=O. The second kappa shape index (κ2) is 7.23. The Morgan fingerprint density at radius 1 is 1.35 bits per heavy atom. The number of aryl methyl sites for hydroxylation is 1. The Morgan fingerprint density at radius 3 is 2.74 bits per heavy atom. The van der Waals surface area contributed by atoms with Crippen molar-refractivity contribution in [1.29, 1.82) is 0 Å². The fourth-order valence-electron chi connectivity index (χ4n) is 2.14. The number of halogens is 1. The summed E-state index contributed by atoms with van der Waals surface area (Å²) in [6.45, 7) is 1.96. The maximum Gasteiger partial charge on any atom is 0.252 e. The highest BCUT2D eigenvalue weighted by molar-refractivity contribution is 9.10. The Morgan fingerprint density at radius 2 is 2.09 bits per heavy atom. The number of pyridine rings is 1. The summed E-state index contributed by atoms with van der Waals surface area (Å²) < 4.78 is 0.949. The topological polar surface area (TPSA) is 88.3 Å². The summed E-state index contributed by atoms with van der Waals surface area (Å²) in [4.78, 5) is 29.4. The maximum atomic E-state index is 12.2. The third-order valence-electron chi connectivity index (χ3n) is 3.26. The number of rotatable bonds is 5. The first-order valence-electron chi connectivity index (χ1n) is 6.90. The molecule has 1 aromatic carbocycles. The van der Waals surface area contributed by atoms with Gasteiger partial charge in [-0.2, -0.15) is 0 Å². The van der Waals surface area contributed by atoms with Crippen LogP contribution >= 0.6 is 15.9 Å². The number of hydrogen-bond donors (Lipinski definition) is 2. The van der Waals surface area contributed by atoms with Gasteiger partial charge in [0.1, 0.15) is 5.82 Å². The molecule has 0 saturated carbocycles. The van der Waals surface area contributed by atoms with E-state index in [4.69, 9.17) is 5.73 Å². The van der Waals surface area contributed by atoms with Crippen molar-refractivity contribution in [2.24, 2.45) is 5.73 Å². The minimum Gasteiger partial charge on any atom is -0.365 e. The van der Waals surface area contributed by atoms with Gasteiger partial charge in [-0.1, -0.05) is 15.9 Å². The normalized spacial score (nSPS) is 10.2. The maximum absolute atomic E-state index is 12.2. The highest BCUT2D eigenvalue weighted by Gasteiger charge is 2.15. The Labute approximate surface area is 142 Å². The highest BCUT2D eigenvalue weighted by Crippen LogP contribution is 2.20. The molecule has 2 aromatic rings. The Balaban J connectivity index is 2.10. The molecule has 23 heavy (non-hydrogen) atoms. The number of likely N-dealkylation sites (N-methyl/N-ethyl adjacent to an activating group) is 1. The molecule has 2 rings (SSSR count). The van der Waals surface area contributed by atoms with Gasteiger partial charge in [0.2, 0.25) is 5.91 Å². The number of nitrogens with one attached hydrogen (secondary N) is 1. The van der Waals surface area contributed by atoms with Crippen molar-refractivity contribution < 1.29 is 9.59 Å². The first-order valence-corrected chi connectivity index (χ1v) is 7.69. The lowest BCUT2D eigenvalue weighted by atomic mass is 10.2. The number of carbonyl (C=O) groups is 2. The van der Waals surface area contributed by atoms with Crippen molar-refractivity contribution in [3.8, 4) is 0 Å². The van der Waals surface area contributed by atoms with Gasteiger partial charge in [-0.3, -0.25) is 9.59 Å². The van der Waals surface area contributed by atoms with Crippen molar-refractivity contribution in [1.82, 2.24) is 4.98 Å². The molecular formula is C16H17BrN4O2. The van der Waals surface area contributed by atoms with Gasteiger partial charge in [0, 0.05) is 23.4 Å². The average molecular weight is 377 g/mol. The molecule has 0 aliphatic carbocycles. The van der Waals surface area contributed by atoms with Gasteiger partial charge in [0.25, 0.3) is 5.91 Å². The predicted molar refractivity (Wildman–Crippen MR) is 93.5 cm³/mol. The molecular weight excluding hydrogens is 360 g/mol. The number of anilines is 2. The van der Waals surface area contributed by atoms with Crippen LogP contribution in [0.1, 0.15) is 15.9 Å². The lowest BCUT2D eigenvalue weighted by molar-refractivity contribution is -0.114. The number of nitrogens with two attached hydrogens (primary N) is 1. The minimum atomic E-state index is -0.580. The van der Waals surface area contributed by atoms with Gasteiger partial charge in [-0.05, 0) is 42.8 Å². The van der Waals surface area contributed by atoms with E-state index in [1.54, 1.807) is 30.3 Å². The third kappa shape index (κ3) is 4.29. The molecule has 0 fully saturated rings. The monoisotopic (exact) mass is 376 g/mol. The standard InChI is InChI=1S/C16H17BrN4O2/c1-10-8-11(17)5-6-13(10)20-14(22)9-21(2)16-12(15(18)23)4-3-7-19-16/h3-8H,9H2,1-2H3,(H2,18,23)(H,20,22). The number of carbonyl (C=O) groups excluding carboxylic acids is 2. The molecule has 0 aliphatic heterocycles. The van der Waals surface area contributed by atoms with Crippen LogP contribution in [-0.2, 0) is 4.79 Å². The number of amides is 2. The fourth-order valence-corrected chi connectivity index (χ4v) is 2.62. The van der Waals surface area contributed by atoms with Crippen LogP contribution in [0.2, 0.25) is 0 Å². The van der Waals surface area contributed by atoms with E-state index in [9.17, 15) is 9.59 Å². The molecule has 1 heterocycles. The summed E-state index contributed by atoms with van der Waals surface area (Å²) in [6, 6.07) is 8.81. The van der Waals surface area contributed by atoms with Crippen LogP contribution in [0, 0.1) is 6.92 Å². The molecule has 2 amide bonds. The van der Waals surface area contributed by atoms with E-state index in [1.165, 1.54) is 0 Å². The van der Waals surface area contributed by atoms with Gasteiger partial charge in [-0.15, -0.1) is 0 Å². The van der Waals surface area contributed by atoms with Gasteiger partial charge in [-0.25, -0.2) is 4.98 Å². The molecule has 0 bridgehead atoms. The number of primary amides is 1. The zero-order chi connectivity index (χ0) is 17.0. The highest BCUT2D eigenvalue weighted by atomic mass is 79.9.